The van der Waals surface area contributed by atoms with Gasteiger partial charge in [0.1, 0.15) is 0 Å². The quantitative estimate of drug-likeness (QED) is 0.107. The molecule has 0 spiro atoms. The van der Waals surface area contributed by atoms with Crippen LogP contribution in [-0.4, -0.2) is 0 Å². The summed E-state index contributed by atoms with van der Waals surface area (Å²) in [6.45, 7) is 13.1. The van der Waals surface area contributed by atoms with Crippen molar-refractivity contribution in [1.29, 1.82) is 0 Å². The summed E-state index contributed by atoms with van der Waals surface area (Å²) in [7, 11) is 0. The van der Waals surface area contributed by atoms with Crippen LogP contribution in [0.3, 0.4) is 0 Å². The summed E-state index contributed by atoms with van der Waals surface area (Å²) in [5, 5.41) is 0. The molecular formula is C50H67N4Ru2. The van der Waals surface area contributed by atoms with Crippen LogP contribution in [0, 0.1) is 28.7 Å². The van der Waals surface area contributed by atoms with E-state index in [0.29, 0.717) is 11.8 Å². The molecule has 0 saturated carbocycles. The molecule has 0 aliphatic heterocycles. The number of hydrogen-bond acceptors (Lipinski definition) is 0. The summed E-state index contributed by atoms with van der Waals surface area (Å²) < 4.78 is 0. The molecule has 0 saturated heterocycles. The Morgan fingerprint density at radius 3 is 0.661 bits per heavy atom. The number of nitrogens with one attached hydrogen (secondary N) is 4. The van der Waals surface area contributed by atoms with Gasteiger partial charge in [0.15, 0.2) is 0 Å². The summed E-state index contributed by atoms with van der Waals surface area (Å²) in [5.74, 6) is 1.31. The molecule has 2 radical (unpaired) electrons. The number of benzene rings is 6. The van der Waals surface area contributed by atoms with Gasteiger partial charge < -0.3 is 37.8 Å². The zero-order valence-corrected chi connectivity index (χ0v) is 38.0. The van der Waals surface area contributed by atoms with Gasteiger partial charge in [0.05, 0.1) is 0 Å². The van der Waals surface area contributed by atoms with E-state index < -0.39 is 24.2 Å². The SMILES string of the molecule is Cc1ccc(C(C)C)cc1.Cc1ccc(C(C)C)cc1.[CH3-].[CH3-].[HH].[HH].[NH-]C(c1ccccc1)C([NH-])c1ccccc1.[NH-]C(c1ccccc1)C([NH-])c1ccccc1.[Ru+3].[RuH+3]. The molecule has 0 aromatic heterocycles. The molecule has 6 rings (SSSR count). The summed E-state index contributed by atoms with van der Waals surface area (Å²) in [6, 6.07) is 53.6. The van der Waals surface area contributed by atoms with E-state index in [1.165, 1.54) is 22.3 Å². The van der Waals surface area contributed by atoms with Crippen molar-refractivity contribution in [1.82, 2.24) is 0 Å². The van der Waals surface area contributed by atoms with Gasteiger partial charge in [-0.15, -0.1) is 24.2 Å². The van der Waals surface area contributed by atoms with E-state index in [9.17, 15) is 0 Å². The molecule has 0 aliphatic carbocycles. The minimum absolute atomic E-state index is 0. The Kier molecular flexibility index (Phi) is 28.8. The Morgan fingerprint density at radius 1 is 0.321 bits per heavy atom. The van der Waals surface area contributed by atoms with E-state index in [0.717, 1.165) is 22.3 Å². The van der Waals surface area contributed by atoms with Gasteiger partial charge >= 0.3 is 39.0 Å². The third-order valence-electron chi connectivity index (χ3n) is 8.79. The zero-order chi connectivity index (χ0) is 37.9. The van der Waals surface area contributed by atoms with Gasteiger partial charge in [0, 0.05) is 2.85 Å². The average Bonchev–Trinajstić information content (AvgIpc) is 3.19. The van der Waals surface area contributed by atoms with Crippen molar-refractivity contribution in [3.8, 4) is 0 Å². The molecule has 0 amide bonds. The van der Waals surface area contributed by atoms with E-state index in [1.807, 2.05) is 121 Å². The summed E-state index contributed by atoms with van der Waals surface area (Å²) >= 11 is 0. The maximum absolute atomic E-state index is 8.07. The van der Waals surface area contributed by atoms with Crippen LogP contribution in [0.2, 0.25) is 0 Å². The average molecular weight is 926 g/mol. The van der Waals surface area contributed by atoms with Crippen LogP contribution in [0.15, 0.2) is 170 Å². The molecule has 0 fully saturated rings. The molecule has 0 aliphatic rings. The zero-order valence-electron chi connectivity index (χ0n) is 34.4. The minimum atomic E-state index is -0.524. The van der Waals surface area contributed by atoms with E-state index >= 15 is 0 Å². The first-order valence-electron chi connectivity index (χ1n) is 18.1. The molecular weight excluding hydrogens is 859 g/mol. The van der Waals surface area contributed by atoms with Crippen molar-refractivity contribution in [3.05, 3.63) is 252 Å². The van der Waals surface area contributed by atoms with Gasteiger partial charge in [-0.2, -0.15) is 0 Å². The normalized spacial score (nSPS) is 11.9. The maximum atomic E-state index is 8.07. The first-order valence-corrected chi connectivity index (χ1v) is 18.1. The molecule has 4 N–H and O–H groups in total. The Hall–Kier alpha value is -3.59. The Bertz CT molecular complexity index is 1570. The van der Waals surface area contributed by atoms with Crippen LogP contribution in [0.5, 0.6) is 0 Å². The van der Waals surface area contributed by atoms with Gasteiger partial charge in [0.2, 0.25) is 0 Å². The molecule has 0 heterocycles. The van der Waals surface area contributed by atoms with Crippen LogP contribution in [0.4, 0.5) is 0 Å². The summed E-state index contributed by atoms with van der Waals surface area (Å²) in [5.41, 5.74) is 41.4. The van der Waals surface area contributed by atoms with Crippen LogP contribution < -0.4 is 0 Å². The molecule has 4 nitrogen and oxygen atoms in total. The van der Waals surface area contributed by atoms with Crippen molar-refractivity contribution < 1.29 is 41.8 Å². The number of rotatable bonds is 8. The molecule has 6 heteroatoms. The van der Waals surface area contributed by atoms with Gasteiger partial charge in [0.25, 0.3) is 0 Å². The fourth-order valence-electron chi connectivity index (χ4n) is 5.31. The Labute approximate surface area is 369 Å². The molecule has 6 aromatic rings. The topological polar surface area (TPSA) is 95.2 Å². The molecule has 0 bridgehead atoms. The van der Waals surface area contributed by atoms with Crippen LogP contribution in [0.1, 0.15) is 111 Å². The molecule has 4 unspecified atom stereocenters. The van der Waals surface area contributed by atoms with Crippen LogP contribution >= 0.6 is 0 Å². The predicted octanol–water partition coefficient (Wildman–Crippen LogP) is 16.5. The van der Waals surface area contributed by atoms with Crippen LogP contribution in [-0.2, 0) is 39.0 Å². The van der Waals surface area contributed by atoms with E-state index in [4.69, 9.17) is 22.9 Å². The third kappa shape index (κ3) is 19.0. The molecule has 56 heavy (non-hydrogen) atoms. The van der Waals surface area contributed by atoms with Gasteiger partial charge in [-0.25, -0.2) is 0 Å². The van der Waals surface area contributed by atoms with E-state index in [1.54, 1.807) is 0 Å². The molecule has 303 valence electrons. The van der Waals surface area contributed by atoms with Crippen molar-refractivity contribution in [2.45, 2.75) is 77.5 Å². The number of hydrogen-bond donors (Lipinski definition) is 0. The van der Waals surface area contributed by atoms with Crippen molar-refractivity contribution in [3.63, 3.8) is 0 Å². The second-order valence-electron chi connectivity index (χ2n) is 13.7. The van der Waals surface area contributed by atoms with E-state index in [2.05, 4.69) is 90.1 Å². The van der Waals surface area contributed by atoms with Gasteiger partial charge in [-0.05, 0) is 36.8 Å². The third-order valence-corrected chi connectivity index (χ3v) is 8.79. The summed E-state index contributed by atoms with van der Waals surface area (Å²) in [4.78, 5) is 0. The summed E-state index contributed by atoms with van der Waals surface area (Å²) in [6.07, 6.45) is 0. The Morgan fingerprint density at radius 2 is 0.500 bits per heavy atom. The molecule has 4 atom stereocenters. The van der Waals surface area contributed by atoms with E-state index in [-0.39, 0.29) is 56.7 Å². The standard InChI is InChI=1S/2C14H14N2.2C10H14.2CH3.2Ru.2H2.H/c2*15-13(11-7-3-1-4-8-11)14(16)12-9-5-2-6-10-12;2*1-8(2)10-6-4-9(3)5-7-10;;;;;;;/h2*1-10,13-16H;2*4-8H,1-3H3;2*1H3;;;2*1H;/q2*-2;;;2*-1;2*+3;;;. The fourth-order valence-corrected chi connectivity index (χ4v) is 5.31. The second kappa shape index (κ2) is 29.6. The van der Waals surface area contributed by atoms with Gasteiger partial charge in [-0.1, -0.05) is 231 Å². The molecule has 6 aromatic carbocycles. The van der Waals surface area contributed by atoms with Crippen LogP contribution in [0.25, 0.3) is 22.9 Å². The second-order valence-corrected chi connectivity index (χ2v) is 13.7. The fraction of sp³-hybridized carbons (Fsp3) is 0.240. The van der Waals surface area contributed by atoms with Crippen molar-refractivity contribution in [2.24, 2.45) is 0 Å². The van der Waals surface area contributed by atoms with Crippen molar-refractivity contribution >= 4 is 0 Å². The first-order chi connectivity index (χ1) is 25.0. The predicted molar refractivity (Wildman–Crippen MR) is 243 cm³/mol. The monoisotopic (exact) mass is 927 g/mol. The van der Waals surface area contributed by atoms with Gasteiger partial charge in [-0.3, -0.25) is 0 Å². The number of aryl methyl sites for hydroxylation is 2. The Balaban J connectivity index is -0.000000331. The first kappa shape index (κ1) is 54.5. The van der Waals surface area contributed by atoms with Crippen molar-refractivity contribution in [2.75, 3.05) is 0 Å².